The van der Waals surface area contributed by atoms with Crippen molar-refractivity contribution in [1.29, 1.82) is 0 Å². The molecule has 1 unspecified atom stereocenters. The van der Waals surface area contributed by atoms with Crippen molar-refractivity contribution in [1.82, 2.24) is 0 Å². The number of nitrogens with two attached hydrogens (primary N) is 1. The van der Waals surface area contributed by atoms with Crippen LogP contribution in [0.25, 0.3) is 0 Å². The second kappa shape index (κ2) is 7.50. The van der Waals surface area contributed by atoms with Crippen LogP contribution in [0.5, 0.6) is 0 Å². The van der Waals surface area contributed by atoms with Gasteiger partial charge in [0.1, 0.15) is 6.61 Å². The smallest absolute Gasteiger partial charge is 0.107 e. The van der Waals surface area contributed by atoms with Gasteiger partial charge in [-0.25, -0.2) is 4.89 Å². The van der Waals surface area contributed by atoms with E-state index in [0.717, 1.165) is 17.6 Å². The van der Waals surface area contributed by atoms with Gasteiger partial charge >= 0.3 is 0 Å². The van der Waals surface area contributed by atoms with Crippen LogP contribution < -0.4 is 5.73 Å². The first-order valence-corrected chi connectivity index (χ1v) is 4.59. The van der Waals surface area contributed by atoms with E-state index in [9.17, 15) is 0 Å². The van der Waals surface area contributed by atoms with Crippen molar-refractivity contribution >= 4 is 0 Å². The molecule has 3 heteroatoms. The van der Waals surface area contributed by atoms with Gasteiger partial charge in [0, 0.05) is 6.04 Å². The molecule has 0 aliphatic carbocycles. The Hall–Kier alpha value is -0.900. The summed E-state index contributed by atoms with van der Waals surface area (Å²) in [6.45, 7) is 7.78. The summed E-state index contributed by atoms with van der Waals surface area (Å²) in [6.07, 6.45) is 6.34. The minimum absolute atomic E-state index is 0.0751. The van der Waals surface area contributed by atoms with Crippen molar-refractivity contribution in [3.8, 4) is 0 Å². The third kappa shape index (κ3) is 6.60. The Morgan fingerprint density at radius 1 is 1.64 bits per heavy atom. The molecule has 0 aliphatic rings. The van der Waals surface area contributed by atoms with Crippen LogP contribution in [0.15, 0.2) is 36.0 Å². The summed E-state index contributed by atoms with van der Waals surface area (Å²) < 4.78 is 0. The molecule has 0 aromatic carbocycles. The zero-order chi connectivity index (χ0) is 11.0. The molecule has 0 amide bonds. The van der Waals surface area contributed by atoms with Crippen LogP contribution in [0.2, 0.25) is 0 Å². The highest BCUT2D eigenvalue weighted by molar-refractivity contribution is 5.21. The normalized spacial score (nSPS) is 14.7. The Bertz CT molecular complexity index is 231. The molecule has 0 saturated carbocycles. The molecule has 0 spiro atoms. The molecule has 0 saturated heterocycles. The molecule has 0 aliphatic heterocycles. The Balaban J connectivity index is 4.31. The molecule has 0 rings (SSSR count). The predicted molar refractivity (Wildman–Crippen MR) is 58.9 cm³/mol. The van der Waals surface area contributed by atoms with Gasteiger partial charge < -0.3 is 5.73 Å². The third-order valence-corrected chi connectivity index (χ3v) is 1.62. The summed E-state index contributed by atoms with van der Waals surface area (Å²) in [5.41, 5.74) is 7.73. The van der Waals surface area contributed by atoms with Gasteiger partial charge in [-0.2, -0.15) is 0 Å². The maximum atomic E-state index is 8.32. The zero-order valence-corrected chi connectivity index (χ0v) is 8.86. The van der Waals surface area contributed by atoms with E-state index in [2.05, 4.69) is 11.5 Å². The molecule has 0 heterocycles. The molecule has 14 heavy (non-hydrogen) atoms. The fraction of sp³-hybridized carbons (Fsp3) is 0.455. The van der Waals surface area contributed by atoms with Crippen LogP contribution >= 0.6 is 0 Å². The second-order valence-electron chi connectivity index (χ2n) is 3.34. The summed E-state index contributed by atoms with van der Waals surface area (Å²) in [5, 5.41) is 8.32. The van der Waals surface area contributed by atoms with E-state index >= 15 is 0 Å². The standard InChI is InChI=1S/C11H19NO2/c1-4-5-10(8-14-13)7-11(12)6-9(2)3/h4-5,7,11,13H,2,6,8,12H2,1,3H3/b5-4-,10-7-. The van der Waals surface area contributed by atoms with Gasteiger partial charge in [-0.3, -0.25) is 5.26 Å². The lowest BCUT2D eigenvalue weighted by Gasteiger charge is -2.08. The summed E-state index contributed by atoms with van der Waals surface area (Å²) in [4.78, 5) is 4.06. The first-order chi connectivity index (χ1) is 6.60. The lowest BCUT2D eigenvalue weighted by atomic mass is 10.1. The van der Waals surface area contributed by atoms with Crippen LogP contribution in [0.4, 0.5) is 0 Å². The summed E-state index contributed by atoms with van der Waals surface area (Å²) in [5.74, 6) is 0. The monoisotopic (exact) mass is 197 g/mol. The van der Waals surface area contributed by atoms with Crippen LogP contribution in [-0.2, 0) is 4.89 Å². The highest BCUT2D eigenvalue weighted by Gasteiger charge is 2.00. The van der Waals surface area contributed by atoms with Crippen LogP contribution in [0.1, 0.15) is 20.3 Å². The maximum Gasteiger partial charge on any atom is 0.107 e. The molecule has 0 aromatic rings. The van der Waals surface area contributed by atoms with Gasteiger partial charge in [-0.1, -0.05) is 23.8 Å². The Labute approximate surface area is 85.5 Å². The molecule has 3 nitrogen and oxygen atoms in total. The van der Waals surface area contributed by atoms with Gasteiger partial charge in [0.25, 0.3) is 0 Å². The Morgan fingerprint density at radius 2 is 2.29 bits per heavy atom. The minimum atomic E-state index is -0.0751. The Morgan fingerprint density at radius 3 is 2.71 bits per heavy atom. The van der Waals surface area contributed by atoms with E-state index in [-0.39, 0.29) is 12.6 Å². The fourth-order valence-electron chi connectivity index (χ4n) is 1.18. The summed E-state index contributed by atoms with van der Waals surface area (Å²) >= 11 is 0. The highest BCUT2D eigenvalue weighted by atomic mass is 17.1. The summed E-state index contributed by atoms with van der Waals surface area (Å²) in [7, 11) is 0. The molecule has 3 N–H and O–H groups in total. The fourth-order valence-corrected chi connectivity index (χ4v) is 1.18. The van der Waals surface area contributed by atoms with Crippen molar-refractivity contribution in [2.24, 2.45) is 5.73 Å². The number of allylic oxidation sites excluding steroid dienone is 1. The quantitative estimate of drug-likeness (QED) is 0.297. The molecule has 0 bridgehead atoms. The van der Waals surface area contributed by atoms with E-state index < -0.39 is 0 Å². The van der Waals surface area contributed by atoms with Crippen LogP contribution in [0.3, 0.4) is 0 Å². The van der Waals surface area contributed by atoms with Gasteiger partial charge in [-0.15, -0.1) is 6.58 Å². The average Bonchev–Trinajstić information content (AvgIpc) is 2.03. The topological polar surface area (TPSA) is 55.5 Å². The maximum absolute atomic E-state index is 8.32. The highest BCUT2D eigenvalue weighted by Crippen LogP contribution is 2.05. The van der Waals surface area contributed by atoms with E-state index in [4.69, 9.17) is 11.0 Å². The number of rotatable bonds is 6. The number of hydrogen-bond donors (Lipinski definition) is 2. The van der Waals surface area contributed by atoms with Gasteiger partial charge in [0.15, 0.2) is 0 Å². The minimum Gasteiger partial charge on any atom is -0.324 e. The predicted octanol–water partition coefficient (Wildman–Crippen LogP) is 2.27. The van der Waals surface area contributed by atoms with Crippen molar-refractivity contribution in [3.63, 3.8) is 0 Å². The first kappa shape index (κ1) is 13.1. The molecule has 0 radical (unpaired) electrons. The van der Waals surface area contributed by atoms with E-state index in [1.165, 1.54) is 0 Å². The summed E-state index contributed by atoms with van der Waals surface area (Å²) in [6, 6.07) is -0.0751. The first-order valence-electron chi connectivity index (χ1n) is 4.59. The molecule has 0 aromatic heterocycles. The SMILES string of the molecule is C=C(C)CC(N)/C=C(/C=C\C)COO. The van der Waals surface area contributed by atoms with Crippen LogP contribution in [-0.4, -0.2) is 17.9 Å². The molecule has 1 atom stereocenters. The second-order valence-corrected chi connectivity index (χ2v) is 3.34. The van der Waals surface area contributed by atoms with Gasteiger partial charge in [-0.05, 0) is 25.8 Å². The Kier molecular flexibility index (Phi) is 7.02. The largest absolute Gasteiger partial charge is 0.324 e. The number of hydrogen-bond acceptors (Lipinski definition) is 3. The molecular formula is C11H19NO2. The third-order valence-electron chi connectivity index (χ3n) is 1.62. The molecule has 0 fully saturated rings. The van der Waals surface area contributed by atoms with Crippen molar-refractivity contribution in [3.05, 3.63) is 36.0 Å². The van der Waals surface area contributed by atoms with Gasteiger partial charge in [0.2, 0.25) is 0 Å². The van der Waals surface area contributed by atoms with Crippen LogP contribution in [0, 0.1) is 0 Å². The lowest BCUT2D eigenvalue weighted by molar-refractivity contribution is -0.233. The molecule has 80 valence electrons. The van der Waals surface area contributed by atoms with E-state index in [1.54, 1.807) is 0 Å². The van der Waals surface area contributed by atoms with Crippen molar-refractivity contribution < 1.29 is 10.1 Å². The van der Waals surface area contributed by atoms with Crippen molar-refractivity contribution in [2.45, 2.75) is 26.3 Å². The van der Waals surface area contributed by atoms with Gasteiger partial charge in [0.05, 0.1) is 0 Å². The van der Waals surface area contributed by atoms with E-state index in [1.807, 2.05) is 32.1 Å². The van der Waals surface area contributed by atoms with Crippen molar-refractivity contribution in [2.75, 3.05) is 6.61 Å². The molecular weight excluding hydrogens is 178 g/mol. The van der Waals surface area contributed by atoms with E-state index in [0.29, 0.717) is 0 Å². The lowest BCUT2D eigenvalue weighted by Crippen LogP contribution is -2.18. The zero-order valence-electron chi connectivity index (χ0n) is 8.86. The average molecular weight is 197 g/mol.